The largest absolute Gasteiger partial charge is 0.497 e. The second kappa shape index (κ2) is 6.89. The van der Waals surface area contributed by atoms with Crippen molar-refractivity contribution < 1.29 is 14.7 Å². The SMILES string of the molecule is CCC(C)COc1cc(OC)ccc1/C(C)=N/O. The molecule has 1 aromatic carbocycles. The molecule has 0 saturated carbocycles. The molecule has 1 rings (SSSR count). The summed E-state index contributed by atoms with van der Waals surface area (Å²) in [4.78, 5) is 0. The monoisotopic (exact) mass is 251 g/mol. The van der Waals surface area contributed by atoms with E-state index in [0.717, 1.165) is 17.7 Å². The van der Waals surface area contributed by atoms with Gasteiger partial charge in [-0.25, -0.2) is 0 Å². The van der Waals surface area contributed by atoms with Crippen LogP contribution in [0.4, 0.5) is 0 Å². The molecule has 100 valence electrons. The van der Waals surface area contributed by atoms with Crippen molar-refractivity contribution >= 4 is 5.71 Å². The molecule has 1 unspecified atom stereocenters. The van der Waals surface area contributed by atoms with Crippen molar-refractivity contribution in [3.63, 3.8) is 0 Å². The van der Waals surface area contributed by atoms with Crippen LogP contribution in [-0.2, 0) is 0 Å². The van der Waals surface area contributed by atoms with Gasteiger partial charge in [-0.15, -0.1) is 0 Å². The lowest BCUT2D eigenvalue weighted by Gasteiger charge is -2.15. The van der Waals surface area contributed by atoms with E-state index in [4.69, 9.17) is 14.7 Å². The molecule has 0 saturated heterocycles. The van der Waals surface area contributed by atoms with Crippen LogP contribution in [0, 0.1) is 5.92 Å². The number of hydrogen-bond acceptors (Lipinski definition) is 4. The van der Waals surface area contributed by atoms with E-state index in [9.17, 15) is 0 Å². The van der Waals surface area contributed by atoms with Crippen LogP contribution in [0.2, 0.25) is 0 Å². The molecule has 1 aromatic rings. The number of oxime groups is 1. The molecule has 0 heterocycles. The highest BCUT2D eigenvalue weighted by molar-refractivity contribution is 6.00. The average molecular weight is 251 g/mol. The van der Waals surface area contributed by atoms with E-state index in [0.29, 0.717) is 24.0 Å². The van der Waals surface area contributed by atoms with Crippen LogP contribution in [0.25, 0.3) is 0 Å². The summed E-state index contributed by atoms with van der Waals surface area (Å²) in [6, 6.07) is 5.46. The minimum Gasteiger partial charge on any atom is -0.497 e. The zero-order valence-corrected chi connectivity index (χ0v) is 11.4. The van der Waals surface area contributed by atoms with Gasteiger partial charge in [0.05, 0.1) is 19.4 Å². The molecule has 0 aliphatic rings. The third-order valence-electron chi connectivity index (χ3n) is 2.95. The lowest BCUT2D eigenvalue weighted by molar-refractivity contribution is 0.254. The Balaban J connectivity index is 2.97. The van der Waals surface area contributed by atoms with Crippen LogP contribution in [0.1, 0.15) is 32.8 Å². The van der Waals surface area contributed by atoms with Gasteiger partial charge in [-0.2, -0.15) is 0 Å². The summed E-state index contributed by atoms with van der Waals surface area (Å²) in [5, 5.41) is 12.1. The first-order chi connectivity index (χ1) is 8.62. The first-order valence-electron chi connectivity index (χ1n) is 6.12. The molecular weight excluding hydrogens is 230 g/mol. The van der Waals surface area contributed by atoms with Gasteiger partial charge in [0.1, 0.15) is 11.5 Å². The van der Waals surface area contributed by atoms with E-state index in [-0.39, 0.29) is 0 Å². The highest BCUT2D eigenvalue weighted by Gasteiger charge is 2.10. The fourth-order valence-corrected chi connectivity index (χ4v) is 1.45. The Kier molecular flexibility index (Phi) is 5.49. The van der Waals surface area contributed by atoms with Crippen LogP contribution in [0.5, 0.6) is 11.5 Å². The summed E-state index contributed by atoms with van der Waals surface area (Å²) in [5.74, 6) is 1.89. The smallest absolute Gasteiger partial charge is 0.132 e. The van der Waals surface area contributed by atoms with E-state index in [1.54, 1.807) is 14.0 Å². The molecule has 1 N–H and O–H groups in total. The Morgan fingerprint density at radius 2 is 2.17 bits per heavy atom. The topological polar surface area (TPSA) is 51.0 Å². The van der Waals surface area contributed by atoms with Crippen LogP contribution in [-0.4, -0.2) is 24.6 Å². The van der Waals surface area contributed by atoms with Gasteiger partial charge in [0, 0.05) is 11.6 Å². The maximum atomic E-state index is 8.86. The standard InChI is InChI=1S/C14H21NO3/c1-5-10(2)9-18-14-8-12(17-4)6-7-13(14)11(3)15-16/h6-8,10,16H,5,9H2,1-4H3/b15-11+. The number of methoxy groups -OCH3 is 1. The van der Waals surface area contributed by atoms with Crippen molar-refractivity contribution in [2.75, 3.05) is 13.7 Å². The summed E-state index contributed by atoms with van der Waals surface area (Å²) in [6.07, 6.45) is 1.06. The van der Waals surface area contributed by atoms with E-state index in [1.165, 1.54) is 0 Å². The Morgan fingerprint density at radius 3 is 2.72 bits per heavy atom. The second-order valence-corrected chi connectivity index (χ2v) is 4.37. The van der Waals surface area contributed by atoms with Gasteiger partial charge in [0.2, 0.25) is 0 Å². The number of ether oxygens (including phenoxy) is 2. The molecule has 4 heteroatoms. The fourth-order valence-electron chi connectivity index (χ4n) is 1.45. The van der Waals surface area contributed by atoms with Gasteiger partial charge < -0.3 is 14.7 Å². The Morgan fingerprint density at radius 1 is 1.44 bits per heavy atom. The van der Waals surface area contributed by atoms with Gasteiger partial charge >= 0.3 is 0 Å². The first-order valence-corrected chi connectivity index (χ1v) is 6.12. The Bertz CT molecular complexity index is 416. The first kappa shape index (κ1) is 14.4. The lowest BCUT2D eigenvalue weighted by atomic mass is 10.1. The summed E-state index contributed by atoms with van der Waals surface area (Å²) >= 11 is 0. The van der Waals surface area contributed by atoms with Crippen molar-refractivity contribution in [2.45, 2.75) is 27.2 Å². The van der Waals surface area contributed by atoms with Crippen molar-refractivity contribution in [1.82, 2.24) is 0 Å². The number of hydrogen-bond donors (Lipinski definition) is 1. The molecule has 1 atom stereocenters. The predicted molar refractivity (Wildman–Crippen MR) is 71.9 cm³/mol. The van der Waals surface area contributed by atoms with Crippen LogP contribution in [0.3, 0.4) is 0 Å². The quantitative estimate of drug-likeness (QED) is 0.479. The zero-order chi connectivity index (χ0) is 13.5. The molecule has 0 bridgehead atoms. The van der Waals surface area contributed by atoms with Crippen molar-refractivity contribution in [1.29, 1.82) is 0 Å². The van der Waals surface area contributed by atoms with Gasteiger partial charge in [-0.3, -0.25) is 0 Å². The minimum atomic E-state index is 0.482. The molecule has 0 aliphatic carbocycles. The average Bonchev–Trinajstić information content (AvgIpc) is 2.43. The van der Waals surface area contributed by atoms with Gasteiger partial charge in [0.15, 0.2) is 0 Å². The fraction of sp³-hybridized carbons (Fsp3) is 0.500. The molecular formula is C14H21NO3. The van der Waals surface area contributed by atoms with Gasteiger partial charge in [-0.05, 0) is 25.0 Å². The van der Waals surface area contributed by atoms with Gasteiger partial charge in [0.25, 0.3) is 0 Å². The van der Waals surface area contributed by atoms with E-state index >= 15 is 0 Å². The maximum absolute atomic E-state index is 8.86. The Hall–Kier alpha value is -1.71. The number of rotatable bonds is 6. The van der Waals surface area contributed by atoms with E-state index < -0.39 is 0 Å². The second-order valence-electron chi connectivity index (χ2n) is 4.37. The lowest BCUT2D eigenvalue weighted by Crippen LogP contribution is -2.10. The number of nitrogens with zero attached hydrogens (tertiary/aromatic N) is 1. The van der Waals surface area contributed by atoms with Crippen LogP contribution >= 0.6 is 0 Å². The summed E-state index contributed by atoms with van der Waals surface area (Å²) in [7, 11) is 1.61. The third-order valence-corrected chi connectivity index (χ3v) is 2.95. The molecule has 0 radical (unpaired) electrons. The minimum absolute atomic E-state index is 0.482. The molecule has 0 aliphatic heterocycles. The summed E-state index contributed by atoms with van der Waals surface area (Å²) in [5.41, 5.74) is 1.30. The third kappa shape index (κ3) is 3.65. The molecule has 4 nitrogen and oxygen atoms in total. The van der Waals surface area contributed by atoms with Crippen molar-refractivity contribution in [2.24, 2.45) is 11.1 Å². The van der Waals surface area contributed by atoms with Gasteiger partial charge in [-0.1, -0.05) is 25.4 Å². The van der Waals surface area contributed by atoms with E-state index in [2.05, 4.69) is 19.0 Å². The predicted octanol–water partition coefficient (Wildman–Crippen LogP) is 3.32. The van der Waals surface area contributed by atoms with Crippen LogP contribution in [0.15, 0.2) is 23.4 Å². The van der Waals surface area contributed by atoms with Crippen molar-refractivity contribution in [3.8, 4) is 11.5 Å². The zero-order valence-electron chi connectivity index (χ0n) is 11.4. The highest BCUT2D eigenvalue weighted by Crippen LogP contribution is 2.26. The highest BCUT2D eigenvalue weighted by atomic mass is 16.5. The van der Waals surface area contributed by atoms with E-state index in [1.807, 2.05) is 18.2 Å². The normalized spacial score (nSPS) is 13.2. The number of benzene rings is 1. The molecule has 0 aromatic heterocycles. The van der Waals surface area contributed by atoms with Crippen molar-refractivity contribution in [3.05, 3.63) is 23.8 Å². The summed E-state index contributed by atoms with van der Waals surface area (Å²) < 4.78 is 11.0. The summed E-state index contributed by atoms with van der Waals surface area (Å²) in [6.45, 7) is 6.63. The Labute approximate surface area is 108 Å². The molecule has 0 fully saturated rings. The molecule has 0 amide bonds. The van der Waals surface area contributed by atoms with Crippen LogP contribution < -0.4 is 9.47 Å². The molecule has 0 spiro atoms. The maximum Gasteiger partial charge on any atom is 0.132 e. The molecule has 18 heavy (non-hydrogen) atoms.